The molecule has 0 spiro atoms. The lowest BCUT2D eigenvalue weighted by Gasteiger charge is -2.13. The highest BCUT2D eigenvalue weighted by Gasteiger charge is 2.37. The van der Waals surface area contributed by atoms with E-state index in [-0.39, 0.29) is 11.6 Å². The molecule has 0 aliphatic rings. The molecule has 0 aliphatic carbocycles. The van der Waals surface area contributed by atoms with E-state index < -0.39 is 23.5 Å². The molecule has 0 saturated carbocycles. The minimum atomic E-state index is -4.76. The quantitative estimate of drug-likeness (QED) is 0.447. The molecule has 0 N–H and O–H groups in total. The summed E-state index contributed by atoms with van der Waals surface area (Å²) in [5.41, 5.74) is -2.77. The van der Waals surface area contributed by atoms with E-state index in [0.717, 1.165) is 13.0 Å². The standard InChI is InChI=1S/C9H6F6.3C2H6/c1-5-2-3-6(8(10,11)12)4-7(5)9(13,14)15;3*1-2/h2-4H,1H3;3*1-2H3. The fourth-order valence-electron chi connectivity index (χ4n) is 1.10. The third kappa shape index (κ3) is 9.37. The summed E-state index contributed by atoms with van der Waals surface area (Å²) in [6.07, 6.45) is -9.51. The maximum absolute atomic E-state index is 12.2. The zero-order valence-electron chi connectivity index (χ0n) is 13.5. The fraction of sp³-hybridized carbons (Fsp3) is 0.600. The summed E-state index contributed by atoms with van der Waals surface area (Å²) < 4.78 is 73.1. The van der Waals surface area contributed by atoms with Gasteiger partial charge in [-0.25, -0.2) is 0 Å². The number of rotatable bonds is 0. The summed E-state index contributed by atoms with van der Waals surface area (Å²) >= 11 is 0. The molecule has 0 saturated heterocycles. The zero-order chi connectivity index (χ0) is 17.9. The van der Waals surface area contributed by atoms with E-state index in [4.69, 9.17) is 0 Å². The highest BCUT2D eigenvalue weighted by molar-refractivity contribution is 5.34. The minimum absolute atomic E-state index is 0.120. The Morgan fingerprint density at radius 1 is 0.667 bits per heavy atom. The maximum atomic E-state index is 12.2. The average Bonchev–Trinajstić information content (AvgIpc) is 2.43. The van der Waals surface area contributed by atoms with Crippen LogP contribution in [-0.2, 0) is 12.4 Å². The highest BCUT2D eigenvalue weighted by atomic mass is 19.4. The van der Waals surface area contributed by atoms with Gasteiger partial charge in [-0.05, 0) is 24.6 Å². The fourth-order valence-corrected chi connectivity index (χ4v) is 1.10. The lowest BCUT2D eigenvalue weighted by molar-refractivity contribution is -0.143. The molecule has 0 fully saturated rings. The van der Waals surface area contributed by atoms with Gasteiger partial charge in [0.2, 0.25) is 0 Å². The number of hydrogen-bond acceptors (Lipinski definition) is 0. The molecular weight excluding hydrogens is 294 g/mol. The Balaban J connectivity index is -0.000000478. The Morgan fingerprint density at radius 2 is 1.05 bits per heavy atom. The molecule has 0 aliphatic heterocycles. The summed E-state index contributed by atoms with van der Waals surface area (Å²) in [5, 5.41) is 0. The monoisotopic (exact) mass is 318 g/mol. The van der Waals surface area contributed by atoms with Crippen LogP contribution in [-0.4, -0.2) is 0 Å². The molecule has 0 amide bonds. The van der Waals surface area contributed by atoms with Gasteiger partial charge in [-0.15, -0.1) is 0 Å². The minimum Gasteiger partial charge on any atom is -0.166 e. The smallest absolute Gasteiger partial charge is 0.166 e. The molecule has 0 aromatic heterocycles. The van der Waals surface area contributed by atoms with Crippen molar-refractivity contribution >= 4 is 0 Å². The second kappa shape index (κ2) is 11.5. The molecule has 0 radical (unpaired) electrons. The topological polar surface area (TPSA) is 0 Å². The van der Waals surface area contributed by atoms with Gasteiger partial charge >= 0.3 is 12.4 Å². The Bertz CT molecular complexity index is 363. The van der Waals surface area contributed by atoms with Crippen LogP contribution in [0.5, 0.6) is 0 Å². The van der Waals surface area contributed by atoms with Gasteiger partial charge < -0.3 is 0 Å². The molecule has 21 heavy (non-hydrogen) atoms. The summed E-state index contributed by atoms with van der Waals surface area (Å²) in [4.78, 5) is 0. The lowest BCUT2D eigenvalue weighted by Crippen LogP contribution is -2.12. The van der Waals surface area contributed by atoms with E-state index in [1.807, 2.05) is 41.5 Å². The Labute approximate surface area is 123 Å². The molecule has 0 unspecified atom stereocenters. The van der Waals surface area contributed by atoms with E-state index in [2.05, 4.69) is 0 Å². The first-order chi connectivity index (χ1) is 9.62. The van der Waals surface area contributed by atoms with Gasteiger partial charge in [-0.3, -0.25) is 0 Å². The van der Waals surface area contributed by atoms with Gasteiger partial charge in [0, 0.05) is 0 Å². The molecule has 1 aromatic rings. The lowest BCUT2D eigenvalue weighted by atomic mass is 10.0. The molecular formula is C15H24F6. The summed E-state index contributed by atoms with van der Waals surface area (Å²) in [7, 11) is 0. The molecule has 0 nitrogen and oxygen atoms in total. The summed E-state index contributed by atoms with van der Waals surface area (Å²) in [5.74, 6) is 0. The van der Waals surface area contributed by atoms with Crippen LogP contribution in [0.1, 0.15) is 58.2 Å². The van der Waals surface area contributed by atoms with Gasteiger partial charge in [0.15, 0.2) is 0 Å². The summed E-state index contributed by atoms with van der Waals surface area (Å²) in [6.45, 7) is 13.1. The third-order valence-electron chi connectivity index (χ3n) is 1.87. The van der Waals surface area contributed by atoms with Crippen molar-refractivity contribution in [3.63, 3.8) is 0 Å². The van der Waals surface area contributed by atoms with Gasteiger partial charge in [-0.1, -0.05) is 47.6 Å². The number of benzene rings is 1. The average molecular weight is 318 g/mol. The van der Waals surface area contributed by atoms with Crippen LogP contribution >= 0.6 is 0 Å². The summed E-state index contributed by atoms with van der Waals surface area (Å²) in [6, 6.07) is 1.56. The molecule has 6 heteroatoms. The van der Waals surface area contributed by atoms with Crippen LogP contribution in [0.4, 0.5) is 26.3 Å². The van der Waals surface area contributed by atoms with Crippen molar-refractivity contribution < 1.29 is 26.3 Å². The number of halogens is 6. The molecule has 0 bridgehead atoms. The van der Waals surface area contributed by atoms with Crippen molar-refractivity contribution in [1.82, 2.24) is 0 Å². The Morgan fingerprint density at radius 3 is 1.33 bits per heavy atom. The first-order valence-corrected chi connectivity index (χ1v) is 6.87. The van der Waals surface area contributed by atoms with Gasteiger partial charge in [0.05, 0.1) is 11.1 Å². The number of aryl methyl sites for hydroxylation is 1. The van der Waals surface area contributed by atoms with Crippen molar-refractivity contribution in [2.24, 2.45) is 0 Å². The first-order valence-electron chi connectivity index (χ1n) is 6.87. The second-order valence-electron chi connectivity index (χ2n) is 3.03. The SMILES string of the molecule is CC.CC.CC.Cc1ccc(C(F)(F)F)cc1C(F)(F)F. The van der Waals surface area contributed by atoms with E-state index >= 15 is 0 Å². The van der Waals surface area contributed by atoms with Crippen molar-refractivity contribution in [3.8, 4) is 0 Å². The van der Waals surface area contributed by atoms with Gasteiger partial charge in [0.25, 0.3) is 0 Å². The van der Waals surface area contributed by atoms with Crippen LogP contribution in [0.2, 0.25) is 0 Å². The van der Waals surface area contributed by atoms with E-state index in [0.29, 0.717) is 6.07 Å². The van der Waals surface area contributed by atoms with Crippen LogP contribution in [0.15, 0.2) is 18.2 Å². The molecule has 1 aromatic carbocycles. The number of alkyl halides is 6. The highest BCUT2D eigenvalue weighted by Crippen LogP contribution is 2.36. The Kier molecular flexibility index (Phi) is 13.5. The molecule has 126 valence electrons. The van der Waals surface area contributed by atoms with Crippen LogP contribution in [0.3, 0.4) is 0 Å². The second-order valence-corrected chi connectivity index (χ2v) is 3.03. The third-order valence-corrected chi connectivity index (χ3v) is 1.87. The predicted molar refractivity (Wildman–Crippen MR) is 75.2 cm³/mol. The van der Waals surface area contributed by atoms with Crippen molar-refractivity contribution in [2.75, 3.05) is 0 Å². The van der Waals surface area contributed by atoms with Crippen LogP contribution in [0, 0.1) is 6.92 Å². The predicted octanol–water partition coefficient (Wildman–Crippen LogP) is 7.11. The molecule has 0 atom stereocenters. The normalized spacial score (nSPS) is 10.1. The largest absolute Gasteiger partial charge is 0.416 e. The zero-order valence-corrected chi connectivity index (χ0v) is 13.5. The molecule has 1 rings (SSSR count). The van der Waals surface area contributed by atoms with Gasteiger partial charge in [-0.2, -0.15) is 26.3 Å². The van der Waals surface area contributed by atoms with E-state index in [1.54, 1.807) is 0 Å². The number of hydrogen-bond donors (Lipinski definition) is 0. The van der Waals surface area contributed by atoms with Crippen molar-refractivity contribution in [1.29, 1.82) is 0 Å². The van der Waals surface area contributed by atoms with Crippen molar-refractivity contribution in [2.45, 2.75) is 60.8 Å². The van der Waals surface area contributed by atoms with E-state index in [1.165, 1.54) is 0 Å². The Hall–Kier alpha value is -1.20. The first kappa shape index (κ1) is 24.8. The molecule has 0 heterocycles. The van der Waals surface area contributed by atoms with E-state index in [9.17, 15) is 26.3 Å². The van der Waals surface area contributed by atoms with Crippen LogP contribution in [0.25, 0.3) is 0 Å². The van der Waals surface area contributed by atoms with Crippen LogP contribution < -0.4 is 0 Å². The van der Waals surface area contributed by atoms with Gasteiger partial charge in [0.1, 0.15) is 0 Å². The maximum Gasteiger partial charge on any atom is 0.416 e. The van der Waals surface area contributed by atoms with Crippen molar-refractivity contribution in [3.05, 3.63) is 34.9 Å².